The van der Waals surface area contributed by atoms with Crippen molar-refractivity contribution in [2.75, 3.05) is 20.2 Å². The topological polar surface area (TPSA) is 81.1 Å². The lowest BCUT2D eigenvalue weighted by molar-refractivity contribution is -0.134. The van der Waals surface area contributed by atoms with Crippen molar-refractivity contribution in [3.63, 3.8) is 0 Å². The normalized spacial score (nSPS) is 14.9. The highest BCUT2D eigenvalue weighted by molar-refractivity contribution is 5.84. The highest BCUT2D eigenvalue weighted by atomic mass is 16.5. The number of rotatable bonds is 7. The van der Waals surface area contributed by atoms with Gasteiger partial charge in [0.15, 0.2) is 0 Å². The van der Waals surface area contributed by atoms with Gasteiger partial charge in [-0.1, -0.05) is 30.3 Å². The van der Waals surface area contributed by atoms with Crippen molar-refractivity contribution >= 4 is 5.91 Å². The molecular weight excluding hydrogens is 354 g/mol. The molecule has 1 amide bonds. The second kappa shape index (κ2) is 7.82. The van der Waals surface area contributed by atoms with Crippen molar-refractivity contribution in [1.82, 2.24) is 25.4 Å². The number of hydrogen-bond acceptors (Lipinski definition) is 5. The van der Waals surface area contributed by atoms with Crippen LogP contribution in [0.3, 0.4) is 0 Å². The van der Waals surface area contributed by atoms with E-state index < -0.39 is 5.41 Å². The van der Waals surface area contributed by atoms with Gasteiger partial charge in [0.05, 0.1) is 18.2 Å². The van der Waals surface area contributed by atoms with Crippen LogP contribution < -0.4 is 15.4 Å². The fraction of sp³-hybridized carbons (Fsp3) is 0.286. The molecule has 7 nitrogen and oxygen atoms in total. The summed E-state index contributed by atoms with van der Waals surface area (Å²) in [5, 5.41) is 10.6. The maximum atomic E-state index is 13.1. The smallest absolute Gasteiger partial charge is 0.229 e. The van der Waals surface area contributed by atoms with Crippen molar-refractivity contribution in [2.24, 2.45) is 5.41 Å². The van der Waals surface area contributed by atoms with Gasteiger partial charge in [-0.2, -0.15) is 5.10 Å². The van der Waals surface area contributed by atoms with Crippen molar-refractivity contribution in [3.8, 4) is 11.4 Å². The summed E-state index contributed by atoms with van der Waals surface area (Å²) in [7, 11) is 1.65. The molecular formula is C21H23N5O2. The Bertz CT molecular complexity index is 951. The molecule has 0 radical (unpaired) electrons. The van der Waals surface area contributed by atoms with Gasteiger partial charge in [-0.25, -0.2) is 9.67 Å². The second-order valence-electron chi connectivity index (χ2n) is 7.06. The number of methoxy groups -OCH3 is 1. The first-order valence-electron chi connectivity index (χ1n) is 9.25. The SMILES string of the molecule is COc1cccc(CC2(C(=O)NCc3ccccc3-n3cncn3)CNC2)c1. The summed E-state index contributed by atoms with van der Waals surface area (Å²) in [5.74, 6) is 0.865. The highest BCUT2D eigenvalue weighted by Crippen LogP contribution is 2.29. The molecule has 1 aliphatic heterocycles. The molecule has 2 heterocycles. The van der Waals surface area contributed by atoms with Crippen LogP contribution >= 0.6 is 0 Å². The van der Waals surface area contributed by atoms with E-state index in [2.05, 4.69) is 20.7 Å². The van der Waals surface area contributed by atoms with E-state index >= 15 is 0 Å². The summed E-state index contributed by atoms with van der Waals surface area (Å²) in [6.45, 7) is 1.77. The third-order valence-electron chi connectivity index (χ3n) is 5.18. The van der Waals surface area contributed by atoms with Crippen LogP contribution in [0, 0.1) is 5.41 Å². The molecule has 0 aliphatic carbocycles. The summed E-state index contributed by atoms with van der Waals surface area (Å²) in [6.07, 6.45) is 3.83. The third-order valence-corrected chi connectivity index (χ3v) is 5.18. The molecule has 1 aliphatic rings. The van der Waals surface area contributed by atoms with E-state index in [1.54, 1.807) is 18.1 Å². The minimum absolute atomic E-state index is 0.0578. The molecule has 0 bridgehead atoms. The van der Waals surface area contributed by atoms with E-state index in [4.69, 9.17) is 4.74 Å². The standard InChI is InChI=1S/C21H23N5O2/c1-28-18-7-4-5-16(9-18)10-21(12-22-13-21)20(27)24-11-17-6-2-3-8-19(17)26-15-23-14-25-26/h2-9,14-15,22H,10-13H2,1H3,(H,24,27). The number of hydrogen-bond donors (Lipinski definition) is 2. The number of benzene rings is 2. The number of aromatic nitrogens is 3. The molecule has 144 valence electrons. The van der Waals surface area contributed by atoms with E-state index in [1.807, 2.05) is 48.5 Å². The average molecular weight is 377 g/mol. The molecule has 1 saturated heterocycles. The minimum Gasteiger partial charge on any atom is -0.497 e. The summed E-state index contributed by atoms with van der Waals surface area (Å²) in [4.78, 5) is 17.1. The van der Waals surface area contributed by atoms with Crippen molar-refractivity contribution in [3.05, 3.63) is 72.3 Å². The van der Waals surface area contributed by atoms with Gasteiger partial charge in [-0.3, -0.25) is 4.79 Å². The first kappa shape index (κ1) is 18.2. The molecule has 0 spiro atoms. The Balaban J connectivity index is 1.47. The number of carbonyl (C=O) groups excluding carboxylic acids is 1. The molecule has 2 N–H and O–H groups in total. The molecule has 1 aromatic heterocycles. The number of carbonyl (C=O) groups is 1. The van der Waals surface area contributed by atoms with Crippen LogP contribution in [-0.4, -0.2) is 40.9 Å². The molecule has 3 aromatic rings. The van der Waals surface area contributed by atoms with Crippen molar-refractivity contribution in [1.29, 1.82) is 0 Å². The maximum Gasteiger partial charge on any atom is 0.229 e. The van der Waals surface area contributed by atoms with Crippen molar-refractivity contribution < 1.29 is 9.53 Å². The fourth-order valence-electron chi connectivity index (χ4n) is 3.55. The summed E-state index contributed by atoms with van der Waals surface area (Å²) in [5.41, 5.74) is 2.56. The molecule has 1 fully saturated rings. The molecule has 0 atom stereocenters. The van der Waals surface area contributed by atoms with E-state index in [-0.39, 0.29) is 5.91 Å². The van der Waals surface area contributed by atoms with Crippen LogP contribution in [-0.2, 0) is 17.8 Å². The summed E-state index contributed by atoms with van der Waals surface area (Å²) >= 11 is 0. The van der Waals surface area contributed by atoms with Crippen LogP contribution in [0.2, 0.25) is 0 Å². The van der Waals surface area contributed by atoms with Crippen LogP contribution in [0.4, 0.5) is 0 Å². The summed E-state index contributed by atoms with van der Waals surface area (Å²) in [6, 6.07) is 15.8. The molecule has 2 aromatic carbocycles. The predicted octanol–water partition coefficient (Wildman–Crippen LogP) is 1.72. The van der Waals surface area contributed by atoms with E-state index in [1.165, 1.54) is 6.33 Å². The number of amides is 1. The van der Waals surface area contributed by atoms with Crippen LogP contribution in [0.1, 0.15) is 11.1 Å². The van der Waals surface area contributed by atoms with E-state index in [9.17, 15) is 4.79 Å². The number of nitrogens with one attached hydrogen (secondary N) is 2. The molecule has 7 heteroatoms. The monoisotopic (exact) mass is 377 g/mol. The molecule has 4 rings (SSSR count). The molecule has 0 unspecified atom stereocenters. The number of ether oxygens (including phenoxy) is 1. The maximum absolute atomic E-state index is 13.1. The van der Waals surface area contributed by atoms with Crippen LogP contribution in [0.5, 0.6) is 5.75 Å². The zero-order valence-corrected chi connectivity index (χ0v) is 15.8. The van der Waals surface area contributed by atoms with E-state index in [0.717, 1.165) is 22.6 Å². The zero-order valence-electron chi connectivity index (χ0n) is 15.8. The lowest BCUT2D eigenvalue weighted by atomic mass is 9.75. The zero-order chi connectivity index (χ0) is 19.4. The Morgan fingerprint density at radius 3 is 2.82 bits per heavy atom. The Morgan fingerprint density at radius 2 is 2.11 bits per heavy atom. The molecule has 28 heavy (non-hydrogen) atoms. The van der Waals surface area contributed by atoms with Crippen LogP contribution in [0.25, 0.3) is 5.69 Å². The Labute approximate surface area is 163 Å². The van der Waals surface area contributed by atoms with Gasteiger partial charge < -0.3 is 15.4 Å². The largest absolute Gasteiger partial charge is 0.497 e. The van der Waals surface area contributed by atoms with Gasteiger partial charge in [-0.05, 0) is 35.7 Å². The van der Waals surface area contributed by atoms with E-state index in [0.29, 0.717) is 26.1 Å². The molecule has 0 saturated carbocycles. The van der Waals surface area contributed by atoms with Crippen LogP contribution in [0.15, 0.2) is 61.2 Å². The first-order chi connectivity index (χ1) is 13.7. The van der Waals surface area contributed by atoms with Gasteiger partial charge in [0.25, 0.3) is 0 Å². The second-order valence-corrected chi connectivity index (χ2v) is 7.06. The van der Waals surface area contributed by atoms with Gasteiger partial charge in [0.2, 0.25) is 5.91 Å². The Morgan fingerprint density at radius 1 is 1.25 bits per heavy atom. The highest BCUT2D eigenvalue weighted by Gasteiger charge is 2.44. The lowest BCUT2D eigenvalue weighted by Crippen LogP contribution is -2.62. The van der Waals surface area contributed by atoms with Crippen molar-refractivity contribution in [2.45, 2.75) is 13.0 Å². The minimum atomic E-state index is -0.436. The predicted molar refractivity (Wildman–Crippen MR) is 105 cm³/mol. The number of para-hydroxylation sites is 1. The third kappa shape index (κ3) is 3.61. The average Bonchev–Trinajstić information content (AvgIpc) is 3.24. The number of nitrogens with zero attached hydrogens (tertiary/aromatic N) is 3. The lowest BCUT2D eigenvalue weighted by Gasteiger charge is -2.41. The fourth-order valence-corrected chi connectivity index (χ4v) is 3.55. The van der Waals surface area contributed by atoms with Gasteiger partial charge in [0.1, 0.15) is 18.4 Å². The Hall–Kier alpha value is -3.19. The van der Waals surface area contributed by atoms with Gasteiger partial charge >= 0.3 is 0 Å². The Kier molecular flexibility index (Phi) is 5.08. The van der Waals surface area contributed by atoms with Gasteiger partial charge in [0, 0.05) is 19.6 Å². The first-order valence-corrected chi connectivity index (χ1v) is 9.25. The van der Waals surface area contributed by atoms with Gasteiger partial charge in [-0.15, -0.1) is 0 Å². The summed E-state index contributed by atoms with van der Waals surface area (Å²) < 4.78 is 7.01. The quantitative estimate of drug-likeness (QED) is 0.655.